The Hall–Kier alpha value is -3.46. The molecule has 3 heterocycles. The molecular formula is C26H34N8O. The molecule has 0 spiro atoms. The lowest BCUT2D eigenvalue weighted by atomic mass is 9.73. The van der Waals surface area contributed by atoms with Crippen LogP contribution in [-0.2, 0) is 18.9 Å². The second kappa shape index (κ2) is 8.64. The number of hydrogen-bond acceptors (Lipinski definition) is 7. The van der Waals surface area contributed by atoms with E-state index in [4.69, 9.17) is 4.98 Å². The highest BCUT2D eigenvalue weighted by Gasteiger charge is 2.39. The molecule has 9 heteroatoms. The van der Waals surface area contributed by atoms with Crippen LogP contribution in [-0.4, -0.2) is 70.8 Å². The second-order valence-corrected chi connectivity index (χ2v) is 10.3. The molecule has 1 aromatic carbocycles. The molecule has 3 aromatic rings. The monoisotopic (exact) mass is 474 g/mol. The third-order valence-corrected chi connectivity index (χ3v) is 7.21. The quantitative estimate of drug-likeness (QED) is 0.601. The van der Waals surface area contributed by atoms with Crippen LogP contribution >= 0.6 is 0 Å². The van der Waals surface area contributed by atoms with Crippen LogP contribution in [0.2, 0.25) is 0 Å². The number of carbonyl (C=O) groups is 1. The summed E-state index contributed by atoms with van der Waals surface area (Å²) < 4.78 is 1.77. The molecule has 1 amide bonds. The molecule has 0 unspecified atom stereocenters. The maximum absolute atomic E-state index is 12.6. The highest BCUT2D eigenvalue weighted by molar-refractivity contribution is 5.96. The van der Waals surface area contributed by atoms with Gasteiger partial charge in [-0.15, -0.1) is 0 Å². The summed E-state index contributed by atoms with van der Waals surface area (Å²) in [5.74, 6) is 0.356. The van der Waals surface area contributed by atoms with E-state index in [2.05, 4.69) is 76.5 Å². The number of amides is 1. The van der Waals surface area contributed by atoms with Gasteiger partial charge in [0.25, 0.3) is 5.91 Å². The van der Waals surface area contributed by atoms with Crippen LogP contribution in [0.15, 0.2) is 24.4 Å². The lowest BCUT2D eigenvalue weighted by Gasteiger charge is -2.34. The van der Waals surface area contributed by atoms with Gasteiger partial charge in [0.2, 0.25) is 5.95 Å². The van der Waals surface area contributed by atoms with Gasteiger partial charge in [-0.1, -0.05) is 13.8 Å². The molecule has 0 atom stereocenters. The molecule has 9 nitrogen and oxygen atoms in total. The van der Waals surface area contributed by atoms with Gasteiger partial charge < -0.3 is 20.4 Å². The number of likely N-dealkylation sites (N-methyl/N-ethyl adjacent to an activating group) is 1. The molecule has 35 heavy (non-hydrogen) atoms. The summed E-state index contributed by atoms with van der Waals surface area (Å²) in [5, 5.41) is 10.7. The van der Waals surface area contributed by atoms with Crippen molar-refractivity contribution in [3.8, 4) is 11.4 Å². The lowest BCUT2D eigenvalue weighted by Crippen LogP contribution is -2.44. The Labute approximate surface area is 206 Å². The third kappa shape index (κ3) is 4.14. The molecule has 1 saturated heterocycles. The van der Waals surface area contributed by atoms with Gasteiger partial charge in [-0.2, -0.15) is 5.10 Å². The maximum atomic E-state index is 12.6. The standard InChI is InChI=1S/C26H34N8O/c1-16-13-18(34-11-9-32(5)10-12-34)7-8-19(16)29-25-28-15-17-14-26(2,3)20-22(24(35)27-4)31-33(6)23(20)21(17)30-25/h7-8,13,15H,9-12,14H2,1-6H3,(H,27,35)(H,28,29,30). The van der Waals surface area contributed by atoms with Crippen LogP contribution in [0.1, 0.15) is 41.0 Å². The Morgan fingerprint density at radius 1 is 1.11 bits per heavy atom. The Morgan fingerprint density at radius 3 is 2.54 bits per heavy atom. The zero-order valence-electron chi connectivity index (χ0n) is 21.4. The van der Waals surface area contributed by atoms with Gasteiger partial charge in [-0.05, 0) is 55.1 Å². The van der Waals surface area contributed by atoms with Crippen molar-refractivity contribution in [3.63, 3.8) is 0 Å². The smallest absolute Gasteiger partial charge is 0.271 e. The first kappa shape index (κ1) is 23.3. The van der Waals surface area contributed by atoms with Crippen LogP contribution in [0.4, 0.5) is 17.3 Å². The fourth-order valence-corrected chi connectivity index (χ4v) is 5.25. The molecule has 2 N–H and O–H groups in total. The molecule has 1 fully saturated rings. The number of aryl methyl sites for hydroxylation is 2. The molecule has 5 rings (SSSR count). The molecule has 2 aromatic heterocycles. The minimum absolute atomic E-state index is 0.179. The number of fused-ring (bicyclic) bond motifs is 3. The highest BCUT2D eigenvalue weighted by Crippen LogP contribution is 2.44. The van der Waals surface area contributed by atoms with Crippen molar-refractivity contribution < 1.29 is 4.79 Å². The zero-order valence-corrected chi connectivity index (χ0v) is 21.4. The van der Waals surface area contributed by atoms with Gasteiger partial charge in [-0.3, -0.25) is 9.48 Å². The summed E-state index contributed by atoms with van der Waals surface area (Å²) in [5.41, 5.74) is 7.27. The van der Waals surface area contributed by atoms with Crippen molar-refractivity contribution in [3.05, 3.63) is 46.8 Å². The summed E-state index contributed by atoms with van der Waals surface area (Å²) in [6.07, 6.45) is 2.64. The summed E-state index contributed by atoms with van der Waals surface area (Å²) in [6.45, 7) is 10.6. The van der Waals surface area contributed by atoms with Gasteiger partial charge in [0, 0.05) is 63.4 Å². The van der Waals surface area contributed by atoms with Crippen molar-refractivity contribution in [2.24, 2.45) is 7.05 Å². The van der Waals surface area contributed by atoms with E-state index in [0.717, 1.165) is 66.4 Å². The molecule has 2 aliphatic rings. The van der Waals surface area contributed by atoms with E-state index in [9.17, 15) is 4.79 Å². The number of carbonyl (C=O) groups excluding carboxylic acids is 1. The summed E-state index contributed by atoms with van der Waals surface area (Å²) in [4.78, 5) is 26.9. The highest BCUT2D eigenvalue weighted by atomic mass is 16.1. The molecule has 1 aliphatic heterocycles. The predicted molar refractivity (Wildman–Crippen MR) is 139 cm³/mol. The van der Waals surface area contributed by atoms with E-state index in [0.29, 0.717) is 11.6 Å². The molecule has 0 saturated carbocycles. The average Bonchev–Trinajstić information content (AvgIpc) is 3.19. The van der Waals surface area contributed by atoms with E-state index in [1.807, 2.05) is 13.2 Å². The fraction of sp³-hybridized carbons (Fsp3) is 0.462. The Kier molecular flexibility index (Phi) is 5.75. The Bertz CT molecular complexity index is 1290. The minimum Gasteiger partial charge on any atom is -0.369 e. The van der Waals surface area contributed by atoms with Gasteiger partial charge >= 0.3 is 0 Å². The molecule has 1 aliphatic carbocycles. The SMILES string of the molecule is CNC(=O)c1nn(C)c2c1C(C)(C)Cc1cnc(Nc3ccc(N4CCN(C)CC4)cc3C)nc1-2. The largest absolute Gasteiger partial charge is 0.369 e. The first-order chi connectivity index (χ1) is 16.7. The number of nitrogens with zero attached hydrogens (tertiary/aromatic N) is 6. The number of nitrogens with one attached hydrogen (secondary N) is 2. The van der Waals surface area contributed by atoms with Crippen LogP contribution < -0.4 is 15.5 Å². The van der Waals surface area contributed by atoms with E-state index in [1.54, 1.807) is 11.7 Å². The second-order valence-electron chi connectivity index (χ2n) is 10.3. The van der Waals surface area contributed by atoms with E-state index >= 15 is 0 Å². The fourth-order valence-electron chi connectivity index (χ4n) is 5.25. The van der Waals surface area contributed by atoms with Crippen molar-refractivity contribution in [2.75, 3.05) is 50.5 Å². The molecule has 184 valence electrons. The predicted octanol–water partition coefficient (Wildman–Crippen LogP) is 2.87. The maximum Gasteiger partial charge on any atom is 0.271 e. The van der Waals surface area contributed by atoms with Crippen LogP contribution in [0.5, 0.6) is 0 Å². The number of rotatable bonds is 4. The van der Waals surface area contributed by atoms with Gasteiger partial charge in [0.15, 0.2) is 5.69 Å². The topological polar surface area (TPSA) is 91.2 Å². The van der Waals surface area contributed by atoms with Gasteiger partial charge in [0.1, 0.15) is 0 Å². The zero-order chi connectivity index (χ0) is 24.9. The molecular weight excluding hydrogens is 440 g/mol. The number of aromatic nitrogens is 4. The number of piperazine rings is 1. The third-order valence-electron chi connectivity index (χ3n) is 7.21. The first-order valence-electron chi connectivity index (χ1n) is 12.1. The Morgan fingerprint density at radius 2 is 1.86 bits per heavy atom. The normalized spacial score (nSPS) is 17.0. The minimum atomic E-state index is -0.258. The van der Waals surface area contributed by atoms with Gasteiger partial charge in [0.05, 0.1) is 11.4 Å². The van der Waals surface area contributed by atoms with E-state index in [-0.39, 0.29) is 11.3 Å². The molecule has 0 bridgehead atoms. The lowest BCUT2D eigenvalue weighted by molar-refractivity contribution is 0.0955. The average molecular weight is 475 g/mol. The first-order valence-corrected chi connectivity index (χ1v) is 12.1. The summed E-state index contributed by atoms with van der Waals surface area (Å²) >= 11 is 0. The molecule has 0 radical (unpaired) electrons. The van der Waals surface area contributed by atoms with Crippen LogP contribution in [0.3, 0.4) is 0 Å². The number of hydrogen-bond donors (Lipinski definition) is 2. The van der Waals surface area contributed by atoms with Crippen LogP contribution in [0.25, 0.3) is 11.4 Å². The van der Waals surface area contributed by atoms with Crippen molar-refractivity contribution in [1.29, 1.82) is 0 Å². The number of anilines is 3. The number of benzene rings is 1. The van der Waals surface area contributed by atoms with Gasteiger partial charge in [-0.25, -0.2) is 9.97 Å². The van der Waals surface area contributed by atoms with Crippen LogP contribution in [0, 0.1) is 6.92 Å². The van der Waals surface area contributed by atoms with E-state index < -0.39 is 0 Å². The van der Waals surface area contributed by atoms with E-state index in [1.165, 1.54) is 5.69 Å². The van der Waals surface area contributed by atoms with Crippen molar-refractivity contribution in [2.45, 2.75) is 32.6 Å². The van der Waals surface area contributed by atoms with Crippen molar-refractivity contribution in [1.82, 2.24) is 30.0 Å². The summed E-state index contributed by atoms with van der Waals surface area (Å²) in [7, 11) is 5.67. The summed E-state index contributed by atoms with van der Waals surface area (Å²) in [6, 6.07) is 6.49. The Balaban J connectivity index is 1.46. The van der Waals surface area contributed by atoms with Crippen molar-refractivity contribution >= 4 is 23.2 Å².